The predicted octanol–water partition coefficient (Wildman–Crippen LogP) is 3.59. The van der Waals surface area contributed by atoms with Crippen LogP contribution < -0.4 is 10.9 Å². The fourth-order valence-corrected chi connectivity index (χ4v) is 4.71. The molecule has 7 nitrogen and oxygen atoms in total. The van der Waals surface area contributed by atoms with Gasteiger partial charge in [0.15, 0.2) is 0 Å². The van der Waals surface area contributed by atoms with Crippen molar-refractivity contribution in [3.05, 3.63) is 63.5 Å². The van der Waals surface area contributed by atoms with Gasteiger partial charge in [0.05, 0.1) is 5.52 Å². The number of nitrogens with zero attached hydrogens (tertiary/aromatic N) is 4. The summed E-state index contributed by atoms with van der Waals surface area (Å²) in [7, 11) is 0. The van der Waals surface area contributed by atoms with Gasteiger partial charge >= 0.3 is 0 Å². The number of thiophene rings is 1. The molecule has 1 aromatic carbocycles. The van der Waals surface area contributed by atoms with Gasteiger partial charge in [0.2, 0.25) is 11.7 Å². The quantitative estimate of drug-likeness (QED) is 0.434. The lowest BCUT2D eigenvalue weighted by atomic mass is 10.1. The van der Waals surface area contributed by atoms with Crippen molar-refractivity contribution < 1.29 is 4.79 Å². The van der Waals surface area contributed by atoms with Gasteiger partial charge in [-0.2, -0.15) is 0 Å². The third-order valence-electron chi connectivity index (χ3n) is 5.52. The SMILES string of the molecule is CCn1c(=O)c2sccc2n2c(CCCC(=O)N[C@@H](C)CCc3ccccc3)nnc12. The molecule has 1 N–H and O–H groups in total. The molecule has 0 radical (unpaired) electrons. The highest BCUT2D eigenvalue weighted by atomic mass is 32.1. The number of hydrogen-bond donors (Lipinski definition) is 1. The van der Waals surface area contributed by atoms with Crippen LogP contribution in [0.25, 0.3) is 16.0 Å². The molecule has 1 atom stereocenters. The van der Waals surface area contributed by atoms with Crippen LogP contribution in [0.2, 0.25) is 0 Å². The summed E-state index contributed by atoms with van der Waals surface area (Å²) in [5.41, 5.74) is 2.10. The Morgan fingerprint density at radius 1 is 1.16 bits per heavy atom. The Morgan fingerprint density at radius 2 is 1.97 bits per heavy atom. The van der Waals surface area contributed by atoms with E-state index in [2.05, 4.69) is 27.6 Å². The van der Waals surface area contributed by atoms with Crippen LogP contribution in [-0.2, 0) is 24.2 Å². The maximum Gasteiger partial charge on any atom is 0.272 e. The van der Waals surface area contributed by atoms with Gasteiger partial charge in [-0.05, 0) is 50.1 Å². The molecule has 1 amide bonds. The van der Waals surface area contributed by atoms with Crippen molar-refractivity contribution >= 4 is 33.2 Å². The second-order valence-electron chi connectivity index (χ2n) is 7.78. The van der Waals surface area contributed by atoms with Crippen molar-refractivity contribution in [1.82, 2.24) is 24.5 Å². The van der Waals surface area contributed by atoms with E-state index in [1.807, 2.05) is 47.9 Å². The number of rotatable bonds is 9. The van der Waals surface area contributed by atoms with E-state index in [9.17, 15) is 9.59 Å². The molecule has 0 aliphatic rings. The van der Waals surface area contributed by atoms with Gasteiger partial charge in [0, 0.05) is 25.4 Å². The first-order chi connectivity index (χ1) is 15.1. The molecule has 0 bridgehead atoms. The van der Waals surface area contributed by atoms with Gasteiger partial charge in [-0.15, -0.1) is 21.5 Å². The zero-order valence-electron chi connectivity index (χ0n) is 17.9. The topological polar surface area (TPSA) is 81.3 Å². The Bertz CT molecular complexity index is 1240. The Labute approximate surface area is 184 Å². The smallest absolute Gasteiger partial charge is 0.272 e. The molecule has 0 aliphatic heterocycles. The molecule has 0 spiro atoms. The van der Waals surface area contributed by atoms with E-state index in [4.69, 9.17) is 0 Å². The first-order valence-electron chi connectivity index (χ1n) is 10.8. The summed E-state index contributed by atoms with van der Waals surface area (Å²) in [4.78, 5) is 25.0. The largest absolute Gasteiger partial charge is 0.354 e. The minimum atomic E-state index is -0.0252. The van der Waals surface area contributed by atoms with Crippen LogP contribution in [0.3, 0.4) is 0 Å². The van der Waals surface area contributed by atoms with E-state index in [0.29, 0.717) is 36.3 Å². The fourth-order valence-electron chi connectivity index (χ4n) is 3.88. The minimum Gasteiger partial charge on any atom is -0.354 e. The number of carbonyl (C=O) groups is 1. The summed E-state index contributed by atoms with van der Waals surface area (Å²) in [6, 6.07) is 12.4. The van der Waals surface area contributed by atoms with Crippen molar-refractivity contribution in [2.24, 2.45) is 0 Å². The highest BCUT2D eigenvalue weighted by Crippen LogP contribution is 2.20. The molecule has 4 rings (SSSR count). The summed E-state index contributed by atoms with van der Waals surface area (Å²) < 4.78 is 4.31. The zero-order chi connectivity index (χ0) is 21.8. The van der Waals surface area contributed by atoms with Gasteiger partial charge in [-0.1, -0.05) is 30.3 Å². The molecule has 0 aliphatic carbocycles. The van der Waals surface area contributed by atoms with Gasteiger partial charge in [-0.25, -0.2) is 0 Å². The lowest BCUT2D eigenvalue weighted by molar-refractivity contribution is -0.121. The molecule has 162 valence electrons. The maximum atomic E-state index is 12.6. The molecule has 3 heterocycles. The molecule has 31 heavy (non-hydrogen) atoms. The Kier molecular flexibility index (Phi) is 6.46. The summed E-state index contributed by atoms with van der Waals surface area (Å²) >= 11 is 1.44. The summed E-state index contributed by atoms with van der Waals surface area (Å²) in [6.45, 7) is 4.51. The lowest BCUT2D eigenvalue weighted by Gasteiger charge is -2.14. The summed E-state index contributed by atoms with van der Waals surface area (Å²) in [5.74, 6) is 1.40. The highest BCUT2D eigenvalue weighted by molar-refractivity contribution is 7.17. The molecule has 0 fully saturated rings. The average Bonchev–Trinajstić information content (AvgIpc) is 3.41. The van der Waals surface area contributed by atoms with Crippen LogP contribution in [0.15, 0.2) is 46.6 Å². The van der Waals surface area contributed by atoms with Crippen LogP contribution >= 0.6 is 11.3 Å². The standard InChI is InChI=1S/C23H27N5O2S/c1-3-27-22(30)21-18(14-15-31-21)28-19(25-26-23(27)28)10-7-11-20(29)24-16(2)12-13-17-8-5-4-6-9-17/h4-6,8-9,14-16H,3,7,10-13H2,1-2H3,(H,24,29)/t16-/m0/s1. The van der Waals surface area contributed by atoms with Crippen molar-refractivity contribution in [2.75, 3.05) is 0 Å². The van der Waals surface area contributed by atoms with Gasteiger partial charge in [0.25, 0.3) is 5.56 Å². The van der Waals surface area contributed by atoms with Crippen molar-refractivity contribution in [1.29, 1.82) is 0 Å². The molecule has 0 saturated carbocycles. The molecule has 3 aromatic heterocycles. The number of amides is 1. The number of hydrogen-bond acceptors (Lipinski definition) is 5. The molecule has 8 heteroatoms. The molecule has 0 saturated heterocycles. The van der Waals surface area contributed by atoms with Gasteiger partial charge < -0.3 is 5.32 Å². The monoisotopic (exact) mass is 437 g/mol. The summed E-state index contributed by atoms with van der Waals surface area (Å²) in [6.07, 6.45) is 3.60. The molecular weight excluding hydrogens is 410 g/mol. The van der Waals surface area contributed by atoms with Crippen molar-refractivity contribution in [3.8, 4) is 0 Å². The highest BCUT2D eigenvalue weighted by Gasteiger charge is 2.17. The second-order valence-corrected chi connectivity index (χ2v) is 8.70. The van der Waals surface area contributed by atoms with Gasteiger partial charge in [0.1, 0.15) is 10.5 Å². The lowest BCUT2D eigenvalue weighted by Crippen LogP contribution is -2.32. The number of benzene rings is 1. The van der Waals surface area contributed by atoms with Crippen LogP contribution in [0.4, 0.5) is 0 Å². The number of aryl methyl sites for hydroxylation is 3. The summed E-state index contributed by atoms with van der Waals surface area (Å²) in [5, 5.41) is 13.6. The zero-order valence-corrected chi connectivity index (χ0v) is 18.7. The van der Waals surface area contributed by atoms with E-state index in [0.717, 1.165) is 24.2 Å². The normalized spacial score (nSPS) is 12.5. The number of fused-ring (bicyclic) bond motifs is 3. The van der Waals surface area contributed by atoms with Crippen LogP contribution in [0, 0.1) is 0 Å². The first kappa shape index (κ1) is 21.2. The fraction of sp³-hybridized carbons (Fsp3) is 0.391. The Hall–Kier alpha value is -3.00. The maximum absolute atomic E-state index is 12.6. The van der Waals surface area contributed by atoms with Crippen LogP contribution in [-0.4, -0.2) is 31.1 Å². The van der Waals surface area contributed by atoms with E-state index in [-0.39, 0.29) is 17.5 Å². The second kappa shape index (κ2) is 9.43. The minimum absolute atomic E-state index is 0.0252. The van der Waals surface area contributed by atoms with E-state index >= 15 is 0 Å². The van der Waals surface area contributed by atoms with Crippen LogP contribution in [0.1, 0.15) is 44.5 Å². The number of aromatic nitrogens is 4. The third kappa shape index (κ3) is 4.54. The van der Waals surface area contributed by atoms with E-state index < -0.39 is 0 Å². The molecule has 4 aromatic rings. The molecule has 0 unspecified atom stereocenters. The Morgan fingerprint density at radius 3 is 2.74 bits per heavy atom. The van der Waals surface area contributed by atoms with Gasteiger partial charge in [-0.3, -0.25) is 18.6 Å². The first-order valence-corrected chi connectivity index (χ1v) is 11.6. The van der Waals surface area contributed by atoms with Crippen molar-refractivity contribution in [3.63, 3.8) is 0 Å². The molecular formula is C23H27N5O2S. The number of nitrogens with one attached hydrogen (secondary N) is 1. The Balaban J connectivity index is 1.36. The third-order valence-corrected chi connectivity index (χ3v) is 6.41. The predicted molar refractivity (Wildman–Crippen MR) is 124 cm³/mol. The van der Waals surface area contributed by atoms with E-state index in [1.165, 1.54) is 16.9 Å². The van der Waals surface area contributed by atoms with Crippen molar-refractivity contribution in [2.45, 2.75) is 58.5 Å². The van der Waals surface area contributed by atoms with E-state index in [1.54, 1.807) is 4.57 Å². The average molecular weight is 438 g/mol. The number of carbonyl (C=O) groups excluding carboxylic acids is 1. The van der Waals surface area contributed by atoms with Crippen LogP contribution in [0.5, 0.6) is 0 Å².